The Kier molecular flexibility index (Phi) is 16.5. The molecule has 1 aromatic carbocycles. The molecular weight excluding hydrogens is 424 g/mol. The molecule has 0 fully saturated rings. The Morgan fingerprint density at radius 1 is 0.742 bits per heavy atom. The van der Waals surface area contributed by atoms with Gasteiger partial charge in [-0.2, -0.15) is 8.42 Å². The van der Waals surface area contributed by atoms with Gasteiger partial charge in [0.05, 0.1) is 46.2 Å². The molecule has 0 spiro atoms. The Labute approximate surface area is 187 Å². The van der Waals surface area contributed by atoms with Crippen molar-refractivity contribution in [3.05, 3.63) is 29.8 Å². The second-order valence-electron chi connectivity index (χ2n) is 7.06. The molecule has 0 saturated heterocycles. The van der Waals surface area contributed by atoms with Crippen LogP contribution in [-0.4, -0.2) is 65.8 Å². The number of rotatable bonds is 21. The van der Waals surface area contributed by atoms with Gasteiger partial charge in [0, 0.05) is 0 Å². The molecule has 1 aromatic rings. The number of hydrogen-bond donors (Lipinski definition) is 1. The molecule has 9 heteroatoms. The van der Waals surface area contributed by atoms with Gasteiger partial charge in [-0.05, 0) is 24.5 Å². The molecule has 0 heterocycles. The van der Waals surface area contributed by atoms with Gasteiger partial charge < -0.3 is 18.9 Å². The third-order valence-electron chi connectivity index (χ3n) is 4.46. The van der Waals surface area contributed by atoms with Gasteiger partial charge in [-0.1, -0.05) is 57.2 Å². The molecule has 1 rings (SSSR count). The minimum Gasteiger partial charge on any atom is -0.491 e. The lowest BCUT2D eigenvalue weighted by Gasteiger charge is -2.12. The van der Waals surface area contributed by atoms with Crippen molar-refractivity contribution >= 4 is 10.4 Å². The predicted octanol–water partition coefficient (Wildman–Crippen LogP) is 3.84. The zero-order valence-corrected chi connectivity index (χ0v) is 19.4. The molecule has 31 heavy (non-hydrogen) atoms. The fraction of sp³-hybridized carbons (Fsp3) is 0.727. The van der Waals surface area contributed by atoms with Crippen LogP contribution in [0, 0.1) is 0 Å². The van der Waals surface area contributed by atoms with E-state index in [9.17, 15) is 8.42 Å². The van der Waals surface area contributed by atoms with E-state index in [1.165, 1.54) is 44.1 Å². The van der Waals surface area contributed by atoms with E-state index in [2.05, 4.69) is 23.2 Å². The molecule has 0 radical (unpaired) electrons. The molecule has 0 aliphatic carbocycles. The standard InChI is InChI=1S/C22H38O8S/c1-2-3-4-5-6-7-10-21-11-8-9-12-22(21)29-19-17-27-15-13-26-14-16-28-18-20-30-31(23,24)25/h8-9,11-12H,2-7,10,13-20H2,1H3,(H,23,24,25). The van der Waals surface area contributed by atoms with Gasteiger partial charge >= 0.3 is 10.4 Å². The van der Waals surface area contributed by atoms with E-state index in [4.69, 9.17) is 23.5 Å². The van der Waals surface area contributed by atoms with Crippen molar-refractivity contribution in [2.45, 2.75) is 51.9 Å². The van der Waals surface area contributed by atoms with E-state index in [1.54, 1.807) is 0 Å². The quantitative estimate of drug-likeness (QED) is 0.217. The summed E-state index contributed by atoms with van der Waals surface area (Å²) < 4.78 is 55.0. The number of unbranched alkanes of at least 4 members (excludes halogenated alkanes) is 5. The number of ether oxygens (including phenoxy) is 4. The SMILES string of the molecule is CCCCCCCCc1ccccc1OCCOCCOCCOCCOS(=O)(=O)O. The maximum atomic E-state index is 10.3. The molecule has 0 aliphatic heterocycles. The maximum absolute atomic E-state index is 10.3. The summed E-state index contributed by atoms with van der Waals surface area (Å²) in [6.07, 6.45) is 8.73. The molecule has 0 aromatic heterocycles. The van der Waals surface area contributed by atoms with E-state index in [0.29, 0.717) is 39.6 Å². The highest BCUT2D eigenvalue weighted by Gasteiger charge is 2.04. The lowest BCUT2D eigenvalue weighted by molar-refractivity contribution is 0.00476. The second kappa shape index (κ2) is 18.4. The third kappa shape index (κ3) is 17.1. The average molecular weight is 463 g/mol. The highest BCUT2D eigenvalue weighted by molar-refractivity contribution is 7.80. The van der Waals surface area contributed by atoms with Gasteiger partial charge in [-0.3, -0.25) is 4.55 Å². The molecule has 8 nitrogen and oxygen atoms in total. The summed E-state index contributed by atoms with van der Waals surface area (Å²) >= 11 is 0. The molecule has 0 atom stereocenters. The van der Waals surface area contributed by atoms with E-state index in [-0.39, 0.29) is 13.2 Å². The minimum absolute atomic E-state index is 0.0529. The highest BCUT2D eigenvalue weighted by Crippen LogP contribution is 2.20. The first kappa shape index (κ1) is 27.8. The Morgan fingerprint density at radius 2 is 1.29 bits per heavy atom. The fourth-order valence-corrected chi connectivity index (χ4v) is 3.18. The van der Waals surface area contributed by atoms with Crippen LogP contribution in [0.5, 0.6) is 5.75 Å². The summed E-state index contributed by atoms with van der Waals surface area (Å²) in [6, 6.07) is 8.19. The first-order valence-corrected chi connectivity index (χ1v) is 12.4. The number of benzene rings is 1. The summed E-state index contributed by atoms with van der Waals surface area (Å²) in [4.78, 5) is 0. The summed E-state index contributed by atoms with van der Waals surface area (Å²) in [5.74, 6) is 0.936. The topological polar surface area (TPSA) is 101 Å². The normalized spacial score (nSPS) is 11.7. The van der Waals surface area contributed by atoms with Crippen LogP contribution in [0.2, 0.25) is 0 Å². The van der Waals surface area contributed by atoms with Crippen LogP contribution in [0.3, 0.4) is 0 Å². The van der Waals surface area contributed by atoms with Crippen molar-refractivity contribution < 1.29 is 36.1 Å². The summed E-state index contributed by atoms with van der Waals surface area (Å²) in [6.45, 7) is 4.57. The van der Waals surface area contributed by atoms with Crippen LogP contribution in [0.1, 0.15) is 51.0 Å². The Hall–Kier alpha value is -1.23. The van der Waals surface area contributed by atoms with Gasteiger partial charge in [0.25, 0.3) is 0 Å². The Morgan fingerprint density at radius 3 is 1.94 bits per heavy atom. The molecule has 0 aliphatic rings. The maximum Gasteiger partial charge on any atom is 0.397 e. The average Bonchev–Trinajstić information content (AvgIpc) is 2.74. The molecule has 0 unspecified atom stereocenters. The first-order chi connectivity index (χ1) is 15.0. The third-order valence-corrected chi connectivity index (χ3v) is 4.93. The largest absolute Gasteiger partial charge is 0.491 e. The van der Waals surface area contributed by atoms with E-state index < -0.39 is 10.4 Å². The van der Waals surface area contributed by atoms with E-state index in [0.717, 1.165) is 12.2 Å². The van der Waals surface area contributed by atoms with Crippen molar-refractivity contribution in [2.24, 2.45) is 0 Å². The van der Waals surface area contributed by atoms with Gasteiger partial charge in [-0.15, -0.1) is 0 Å². The van der Waals surface area contributed by atoms with Gasteiger partial charge in [0.15, 0.2) is 0 Å². The molecule has 180 valence electrons. The van der Waals surface area contributed by atoms with Crippen LogP contribution in [-0.2, 0) is 35.2 Å². The minimum atomic E-state index is -4.40. The highest BCUT2D eigenvalue weighted by atomic mass is 32.3. The Bertz CT molecular complexity index is 651. The van der Waals surface area contributed by atoms with Crippen LogP contribution in [0.25, 0.3) is 0 Å². The molecular formula is C22H38O8S. The summed E-state index contributed by atoms with van der Waals surface area (Å²) in [5.41, 5.74) is 1.25. The van der Waals surface area contributed by atoms with Gasteiger partial charge in [0.2, 0.25) is 0 Å². The van der Waals surface area contributed by atoms with Crippen molar-refractivity contribution in [1.29, 1.82) is 0 Å². The van der Waals surface area contributed by atoms with Crippen LogP contribution >= 0.6 is 0 Å². The Balaban J connectivity index is 1.98. The van der Waals surface area contributed by atoms with E-state index in [1.807, 2.05) is 12.1 Å². The lowest BCUT2D eigenvalue weighted by Crippen LogP contribution is -2.14. The first-order valence-electron chi connectivity index (χ1n) is 11.1. The second-order valence-corrected chi connectivity index (χ2v) is 8.15. The van der Waals surface area contributed by atoms with Crippen molar-refractivity contribution in [2.75, 3.05) is 52.9 Å². The summed E-state index contributed by atoms with van der Waals surface area (Å²) in [5, 5.41) is 0. The zero-order valence-electron chi connectivity index (χ0n) is 18.6. The number of hydrogen-bond acceptors (Lipinski definition) is 7. The van der Waals surface area contributed by atoms with Gasteiger partial charge in [0.1, 0.15) is 12.4 Å². The monoisotopic (exact) mass is 462 g/mol. The molecule has 0 saturated carbocycles. The van der Waals surface area contributed by atoms with Crippen molar-refractivity contribution in [3.63, 3.8) is 0 Å². The van der Waals surface area contributed by atoms with Crippen LogP contribution in [0.15, 0.2) is 24.3 Å². The lowest BCUT2D eigenvalue weighted by atomic mass is 10.0. The molecule has 0 bridgehead atoms. The predicted molar refractivity (Wildman–Crippen MR) is 119 cm³/mol. The van der Waals surface area contributed by atoms with Crippen LogP contribution < -0.4 is 4.74 Å². The van der Waals surface area contributed by atoms with Crippen molar-refractivity contribution in [1.82, 2.24) is 0 Å². The van der Waals surface area contributed by atoms with E-state index >= 15 is 0 Å². The van der Waals surface area contributed by atoms with Crippen molar-refractivity contribution in [3.8, 4) is 5.75 Å². The fourth-order valence-electron chi connectivity index (χ4n) is 2.90. The molecule has 1 N–H and O–H groups in total. The van der Waals surface area contributed by atoms with Gasteiger partial charge in [-0.25, -0.2) is 4.18 Å². The smallest absolute Gasteiger partial charge is 0.397 e. The number of aryl methyl sites for hydroxylation is 1. The van der Waals surface area contributed by atoms with Crippen LogP contribution in [0.4, 0.5) is 0 Å². The molecule has 0 amide bonds. The number of para-hydroxylation sites is 1. The zero-order chi connectivity index (χ0) is 22.6. The summed E-state index contributed by atoms with van der Waals surface area (Å²) in [7, 11) is -4.40.